The third kappa shape index (κ3) is 8.27. The molecule has 238 valence electrons. The highest BCUT2D eigenvalue weighted by atomic mass is 32.2. The molecule has 1 aliphatic rings. The first-order valence-electron chi connectivity index (χ1n) is 14.2. The summed E-state index contributed by atoms with van der Waals surface area (Å²) in [5.41, 5.74) is 2.92. The van der Waals surface area contributed by atoms with Gasteiger partial charge in [0.05, 0.1) is 22.5 Å². The van der Waals surface area contributed by atoms with Gasteiger partial charge in [-0.25, -0.2) is 25.6 Å². The molecule has 44 heavy (non-hydrogen) atoms. The van der Waals surface area contributed by atoms with Gasteiger partial charge in [0.1, 0.15) is 11.6 Å². The van der Waals surface area contributed by atoms with Crippen LogP contribution in [0.5, 0.6) is 0 Å². The largest absolute Gasteiger partial charge is 0.390 e. The molecular formula is C31H37F2N3O6S2. The summed E-state index contributed by atoms with van der Waals surface area (Å²) < 4.78 is 81.5. The van der Waals surface area contributed by atoms with Gasteiger partial charge in [-0.05, 0) is 65.4 Å². The fourth-order valence-corrected chi connectivity index (χ4v) is 8.41. The van der Waals surface area contributed by atoms with Gasteiger partial charge in [0.2, 0.25) is 10.0 Å². The van der Waals surface area contributed by atoms with E-state index >= 15 is 0 Å². The number of nitrogens with one attached hydrogen (secondary N) is 1. The number of hydrogen-bond acceptors (Lipinski definition) is 7. The van der Waals surface area contributed by atoms with Gasteiger partial charge in [-0.1, -0.05) is 31.2 Å². The lowest BCUT2D eigenvalue weighted by atomic mass is 9.98. The van der Waals surface area contributed by atoms with Crippen LogP contribution in [0.15, 0.2) is 65.6 Å². The second-order valence-electron chi connectivity index (χ2n) is 11.2. The number of rotatable bonds is 12. The molecule has 0 aromatic heterocycles. The van der Waals surface area contributed by atoms with E-state index in [2.05, 4.69) is 5.32 Å². The van der Waals surface area contributed by atoms with Crippen LogP contribution >= 0.6 is 0 Å². The smallest absolute Gasteiger partial charge is 0.253 e. The number of carbonyl (C=O) groups is 1. The molecule has 13 heteroatoms. The number of carbonyl (C=O) groups excluding carboxylic acids is 1. The van der Waals surface area contributed by atoms with Crippen LogP contribution in [0.1, 0.15) is 45.6 Å². The molecule has 4 rings (SSSR count). The van der Waals surface area contributed by atoms with Crippen molar-refractivity contribution >= 4 is 25.8 Å². The van der Waals surface area contributed by atoms with E-state index in [1.807, 2.05) is 19.1 Å². The molecule has 0 saturated heterocycles. The Hall–Kier alpha value is -3.23. The molecule has 0 saturated carbocycles. The average molecular weight is 650 g/mol. The summed E-state index contributed by atoms with van der Waals surface area (Å²) in [5, 5.41) is 14.1. The fourth-order valence-electron chi connectivity index (χ4n) is 5.22. The molecule has 0 fully saturated rings. The topological polar surface area (TPSA) is 124 Å². The Balaban J connectivity index is 1.58. The van der Waals surface area contributed by atoms with E-state index in [-0.39, 0.29) is 47.0 Å². The van der Waals surface area contributed by atoms with Gasteiger partial charge in [0.15, 0.2) is 9.84 Å². The molecule has 2 atom stereocenters. The van der Waals surface area contributed by atoms with Crippen molar-refractivity contribution in [2.24, 2.45) is 0 Å². The van der Waals surface area contributed by atoms with Gasteiger partial charge < -0.3 is 15.3 Å². The van der Waals surface area contributed by atoms with E-state index in [0.29, 0.717) is 11.6 Å². The Morgan fingerprint density at radius 2 is 1.75 bits per heavy atom. The van der Waals surface area contributed by atoms with E-state index < -0.39 is 56.1 Å². The lowest BCUT2D eigenvalue weighted by molar-refractivity contribution is 0.0827. The number of hydrogen-bond donors (Lipinski definition) is 2. The minimum atomic E-state index is -4.30. The predicted molar refractivity (Wildman–Crippen MR) is 163 cm³/mol. The summed E-state index contributed by atoms with van der Waals surface area (Å²) in [6.45, 7) is 1.23. The quantitative estimate of drug-likeness (QED) is 0.309. The normalized spacial score (nSPS) is 16.8. The number of sulfonamides is 1. The molecule has 0 bridgehead atoms. The summed E-state index contributed by atoms with van der Waals surface area (Å²) >= 11 is 0. The first-order chi connectivity index (χ1) is 20.7. The van der Waals surface area contributed by atoms with E-state index in [4.69, 9.17) is 0 Å². The Morgan fingerprint density at radius 3 is 2.41 bits per heavy atom. The van der Waals surface area contributed by atoms with Crippen molar-refractivity contribution in [2.75, 3.05) is 39.5 Å². The number of fused-ring (bicyclic) bond motifs is 1. The number of nitrogens with zero attached hydrogens (tertiary/aromatic N) is 2. The van der Waals surface area contributed by atoms with Crippen molar-refractivity contribution < 1.29 is 35.5 Å². The lowest BCUT2D eigenvalue weighted by Crippen LogP contribution is -2.44. The second-order valence-corrected chi connectivity index (χ2v) is 15.2. The summed E-state index contributed by atoms with van der Waals surface area (Å²) in [4.78, 5) is 13.6. The zero-order valence-electron chi connectivity index (χ0n) is 24.8. The summed E-state index contributed by atoms with van der Waals surface area (Å²) in [5.74, 6) is -2.25. The van der Waals surface area contributed by atoms with Crippen molar-refractivity contribution in [3.05, 3.63) is 100 Å². The van der Waals surface area contributed by atoms with Gasteiger partial charge in [-0.3, -0.25) is 4.79 Å². The zero-order valence-corrected chi connectivity index (χ0v) is 26.5. The Labute approximate surface area is 257 Å². The van der Waals surface area contributed by atoms with E-state index in [1.54, 1.807) is 6.07 Å². The summed E-state index contributed by atoms with van der Waals surface area (Å²) in [7, 11) is -4.62. The molecule has 0 spiro atoms. The molecule has 0 aliphatic carbocycles. The van der Waals surface area contributed by atoms with Crippen molar-refractivity contribution in [3.8, 4) is 0 Å². The highest BCUT2D eigenvalue weighted by Crippen LogP contribution is 2.29. The van der Waals surface area contributed by atoms with E-state index in [1.165, 1.54) is 43.3 Å². The molecule has 2 N–H and O–H groups in total. The van der Waals surface area contributed by atoms with Crippen LogP contribution in [0.2, 0.25) is 0 Å². The van der Waals surface area contributed by atoms with Gasteiger partial charge in [0, 0.05) is 51.4 Å². The molecule has 1 heterocycles. The minimum absolute atomic E-state index is 0.0571. The monoisotopic (exact) mass is 649 g/mol. The Kier molecular flexibility index (Phi) is 10.6. The van der Waals surface area contributed by atoms with Crippen LogP contribution in [0.3, 0.4) is 0 Å². The fraction of sp³-hybridized carbons (Fsp3) is 0.387. The van der Waals surface area contributed by atoms with E-state index in [9.17, 15) is 35.5 Å². The third-order valence-electron chi connectivity index (χ3n) is 7.50. The zero-order chi connectivity index (χ0) is 32.2. The number of aliphatic hydroxyl groups is 1. The van der Waals surface area contributed by atoms with Crippen LogP contribution in [0, 0.1) is 11.6 Å². The van der Waals surface area contributed by atoms with Gasteiger partial charge in [0.25, 0.3) is 5.91 Å². The van der Waals surface area contributed by atoms with Gasteiger partial charge in [-0.15, -0.1) is 0 Å². The minimum Gasteiger partial charge on any atom is -0.390 e. The number of benzene rings is 3. The van der Waals surface area contributed by atoms with Crippen LogP contribution < -0.4 is 5.32 Å². The molecule has 1 aliphatic heterocycles. The Morgan fingerprint density at radius 1 is 1.05 bits per heavy atom. The molecule has 1 unspecified atom stereocenters. The average Bonchev–Trinajstić information content (AvgIpc) is 2.96. The molecule has 9 nitrogen and oxygen atoms in total. The van der Waals surface area contributed by atoms with Gasteiger partial charge in [-0.2, -0.15) is 4.31 Å². The summed E-state index contributed by atoms with van der Waals surface area (Å²) in [6.07, 6.45) is -0.569. The molecule has 3 aromatic carbocycles. The maximum Gasteiger partial charge on any atom is 0.253 e. The van der Waals surface area contributed by atoms with Crippen molar-refractivity contribution in [3.63, 3.8) is 0 Å². The lowest BCUT2D eigenvalue weighted by Gasteiger charge is -2.29. The van der Waals surface area contributed by atoms with Crippen molar-refractivity contribution in [2.45, 2.75) is 42.6 Å². The van der Waals surface area contributed by atoms with Crippen molar-refractivity contribution in [1.29, 1.82) is 0 Å². The number of amides is 1. The van der Waals surface area contributed by atoms with Gasteiger partial charge >= 0.3 is 0 Å². The first-order valence-corrected chi connectivity index (χ1v) is 17.4. The highest BCUT2D eigenvalue weighted by Gasteiger charge is 2.32. The van der Waals surface area contributed by atoms with Crippen LogP contribution in [-0.4, -0.2) is 82.6 Å². The van der Waals surface area contributed by atoms with Crippen LogP contribution in [0.25, 0.3) is 0 Å². The first kappa shape index (κ1) is 33.7. The van der Waals surface area contributed by atoms with Crippen LogP contribution in [-0.2, 0) is 38.5 Å². The SMILES string of the molecule is CCc1ccc2c(c1)C(NC[C@H](O)CN(CCc1cc(F)cc(F)c1)S(=O)(=O)c1cccc(C(=O)N(C)C)c1)CS(=O)(=O)C2. The van der Waals surface area contributed by atoms with Crippen LogP contribution in [0.4, 0.5) is 8.78 Å². The standard InChI is InChI=1S/C31H37F2N3O6S2/c1-4-21-8-9-24-19-43(39,40)20-30(29(24)14-21)34-17-27(37)18-36(11-10-22-12-25(32)16-26(33)13-22)44(41,42)28-7-5-6-23(15-28)31(38)35(2)3/h5-9,12-16,27,30,34,37H,4,10-11,17-20H2,1-3H3/t27-,30?/m0/s1. The van der Waals surface area contributed by atoms with E-state index in [0.717, 1.165) is 34.0 Å². The Bertz CT molecular complexity index is 1710. The number of sulfone groups is 1. The molecule has 0 radical (unpaired) electrons. The number of aryl methyl sites for hydroxylation is 1. The maximum absolute atomic E-state index is 13.8. The maximum atomic E-state index is 13.8. The highest BCUT2D eigenvalue weighted by molar-refractivity contribution is 7.90. The molecular weight excluding hydrogens is 612 g/mol. The molecule has 1 amide bonds. The number of aliphatic hydroxyl groups excluding tert-OH is 1. The molecule has 3 aromatic rings. The second kappa shape index (κ2) is 13.8. The van der Waals surface area contributed by atoms with Crippen molar-refractivity contribution in [1.82, 2.24) is 14.5 Å². The predicted octanol–water partition coefficient (Wildman–Crippen LogP) is 3.08. The number of halogens is 2. The third-order valence-corrected chi connectivity index (χ3v) is 11.0. The summed E-state index contributed by atoms with van der Waals surface area (Å²) in [6, 6.07) is 13.5.